The van der Waals surface area contributed by atoms with Gasteiger partial charge in [-0.15, -0.1) is 0 Å². The van der Waals surface area contributed by atoms with Crippen LogP contribution in [0.25, 0.3) is 5.69 Å². The molecule has 0 unspecified atom stereocenters. The average Bonchev–Trinajstić information content (AvgIpc) is 3.08. The highest BCUT2D eigenvalue weighted by Crippen LogP contribution is 2.26. The molecule has 1 aromatic heterocycles. The fraction of sp³-hybridized carbons (Fsp3) is 0.577. The van der Waals surface area contributed by atoms with Crippen LogP contribution in [0.15, 0.2) is 30.3 Å². The molecule has 0 aliphatic carbocycles. The first-order chi connectivity index (χ1) is 14.8. The molecule has 2 rings (SSSR count). The maximum absolute atomic E-state index is 13.0. The first kappa shape index (κ1) is 25.6. The van der Waals surface area contributed by atoms with Gasteiger partial charge >= 0.3 is 0 Å². The molecule has 2 amide bonds. The number of hydrogen-bond donors (Lipinski definition) is 1. The third-order valence-electron chi connectivity index (χ3n) is 5.17. The summed E-state index contributed by atoms with van der Waals surface area (Å²) in [6, 6.07) is 9.95. The van der Waals surface area contributed by atoms with Gasteiger partial charge in [0.1, 0.15) is 5.82 Å². The summed E-state index contributed by atoms with van der Waals surface area (Å²) in [5.74, 6) is 0.420. The van der Waals surface area contributed by atoms with E-state index in [1.807, 2.05) is 58.0 Å². The lowest BCUT2D eigenvalue weighted by Gasteiger charge is -2.26. The van der Waals surface area contributed by atoms with Gasteiger partial charge in [-0.25, -0.2) is 4.68 Å². The molecule has 0 spiro atoms. The van der Waals surface area contributed by atoms with Crippen LogP contribution >= 0.6 is 0 Å². The van der Waals surface area contributed by atoms with Gasteiger partial charge in [0.05, 0.1) is 17.9 Å². The Labute approximate surface area is 193 Å². The maximum Gasteiger partial charge on any atom is 0.245 e. The van der Waals surface area contributed by atoms with Crippen molar-refractivity contribution >= 4 is 17.6 Å². The Morgan fingerprint density at radius 1 is 1.06 bits per heavy atom. The molecular weight excluding hydrogens is 400 g/mol. The third kappa shape index (κ3) is 7.50. The molecule has 1 heterocycles. The highest BCUT2D eigenvalue weighted by Gasteiger charge is 2.25. The number of anilines is 1. The van der Waals surface area contributed by atoms with Crippen molar-refractivity contribution < 1.29 is 9.59 Å². The van der Waals surface area contributed by atoms with Gasteiger partial charge in [-0.1, -0.05) is 72.6 Å². The molecule has 0 atom stereocenters. The summed E-state index contributed by atoms with van der Waals surface area (Å²) in [6.07, 6.45) is 2.26. The molecule has 6 nitrogen and oxygen atoms in total. The molecule has 0 aliphatic rings. The molecule has 0 radical (unpaired) electrons. The minimum Gasteiger partial charge on any atom is -0.333 e. The van der Waals surface area contributed by atoms with E-state index in [1.54, 1.807) is 9.58 Å². The van der Waals surface area contributed by atoms with Crippen molar-refractivity contribution in [2.75, 3.05) is 18.4 Å². The van der Waals surface area contributed by atoms with Crippen molar-refractivity contribution in [3.8, 4) is 5.69 Å². The molecule has 176 valence electrons. The van der Waals surface area contributed by atoms with E-state index in [9.17, 15) is 9.59 Å². The topological polar surface area (TPSA) is 67.2 Å². The van der Waals surface area contributed by atoms with Crippen LogP contribution in [-0.4, -0.2) is 39.6 Å². The number of carbonyl (C=O) groups excluding carboxylic acids is 2. The van der Waals surface area contributed by atoms with E-state index >= 15 is 0 Å². The number of hydrogen-bond acceptors (Lipinski definition) is 3. The number of nitrogens with zero attached hydrogens (tertiary/aromatic N) is 3. The smallest absolute Gasteiger partial charge is 0.245 e. The van der Waals surface area contributed by atoms with Crippen LogP contribution in [0.1, 0.15) is 79.0 Å². The number of unbranched alkanes of at least 4 members (excludes halogenated alkanes) is 1. The van der Waals surface area contributed by atoms with Gasteiger partial charge in [-0.3, -0.25) is 9.59 Å². The molecule has 0 aliphatic heterocycles. The third-order valence-corrected chi connectivity index (χ3v) is 5.17. The summed E-state index contributed by atoms with van der Waals surface area (Å²) in [5, 5.41) is 7.78. The summed E-state index contributed by atoms with van der Waals surface area (Å²) < 4.78 is 1.77. The van der Waals surface area contributed by atoms with Crippen molar-refractivity contribution in [1.82, 2.24) is 14.7 Å². The van der Waals surface area contributed by atoms with Crippen LogP contribution in [0.3, 0.4) is 0 Å². The second-order valence-corrected chi connectivity index (χ2v) is 10.9. The molecule has 1 aromatic carbocycles. The van der Waals surface area contributed by atoms with Crippen molar-refractivity contribution in [3.63, 3.8) is 0 Å². The maximum atomic E-state index is 13.0. The fourth-order valence-corrected chi connectivity index (χ4v) is 3.28. The lowest BCUT2D eigenvalue weighted by atomic mass is 9.91. The van der Waals surface area contributed by atoms with E-state index in [2.05, 4.69) is 33.0 Å². The minimum atomic E-state index is -0.211. The fourth-order valence-electron chi connectivity index (χ4n) is 3.28. The predicted molar refractivity (Wildman–Crippen MR) is 131 cm³/mol. The molecule has 0 fully saturated rings. The summed E-state index contributed by atoms with van der Waals surface area (Å²) >= 11 is 0. The molecule has 0 saturated heterocycles. The van der Waals surface area contributed by atoms with E-state index in [-0.39, 0.29) is 29.2 Å². The Morgan fingerprint density at radius 3 is 2.22 bits per heavy atom. The summed E-state index contributed by atoms with van der Waals surface area (Å²) in [4.78, 5) is 27.5. The van der Waals surface area contributed by atoms with Gasteiger partial charge in [0.25, 0.3) is 0 Å². The van der Waals surface area contributed by atoms with Gasteiger partial charge in [-0.2, -0.15) is 5.10 Å². The molecule has 32 heavy (non-hydrogen) atoms. The highest BCUT2D eigenvalue weighted by molar-refractivity contribution is 5.94. The van der Waals surface area contributed by atoms with Crippen molar-refractivity contribution in [2.45, 2.75) is 80.1 Å². The number of aryl methyl sites for hydroxylation is 1. The highest BCUT2D eigenvalue weighted by atomic mass is 16.2. The molecule has 6 heteroatoms. The zero-order valence-electron chi connectivity index (χ0n) is 21.1. The van der Waals surface area contributed by atoms with Gasteiger partial charge in [0.2, 0.25) is 11.8 Å². The van der Waals surface area contributed by atoms with Crippen LogP contribution in [0, 0.1) is 12.3 Å². The van der Waals surface area contributed by atoms with Crippen LogP contribution in [0.2, 0.25) is 0 Å². The SMILES string of the molecule is CCCCN(CC(=O)Nc1cc(C(C)(C)C)nn1-c1ccc(C)cc1)C(=O)CC(C)(C)C. The minimum absolute atomic E-state index is 0.0172. The Balaban J connectivity index is 2.27. The normalized spacial score (nSPS) is 12.0. The second-order valence-electron chi connectivity index (χ2n) is 10.9. The summed E-state index contributed by atoms with van der Waals surface area (Å²) in [5.41, 5.74) is 2.65. The zero-order chi connectivity index (χ0) is 24.1. The number of aromatic nitrogens is 2. The summed E-state index contributed by atoms with van der Waals surface area (Å²) in [7, 11) is 0. The predicted octanol–water partition coefficient (Wildman–Crippen LogP) is 5.48. The Hall–Kier alpha value is -2.63. The zero-order valence-corrected chi connectivity index (χ0v) is 21.1. The van der Waals surface area contributed by atoms with Crippen LogP contribution in [0.5, 0.6) is 0 Å². The van der Waals surface area contributed by atoms with Crippen LogP contribution in [-0.2, 0) is 15.0 Å². The number of nitrogens with one attached hydrogen (secondary N) is 1. The number of rotatable bonds is 8. The van der Waals surface area contributed by atoms with E-state index in [4.69, 9.17) is 5.10 Å². The molecular formula is C26H40N4O2. The molecule has 2 aromatic rings. The van der Waals surface area contributed by atoms with Gasteiger partial charge in [0, 0.05) is 24.4 Å². The average molecular weight is 441 g/mol. The largest absolute Gasteiger partial charge is 0.333 e. The first-order valence-electron chi connectivity index (χ1n) is 11.6. The molecule has 0 bridgehead atoms. The monoisotopic (exact) mass is 440 g/mol. The van der Waals surface area contributed by atoms with E-state index < -0.39 is 0 Å². The number of benzene rings is 1. The lowest BCUT2D eigenvalue weighted by Crippen LogP contribution is -2.40. The molecule has 0 saturated carbocycles. The van der Waals surface area contributed by atoms with Gasteiger partial charge in [-0.05, 0) is 30.9 Å². The van der Waals surface area contributed by atoms with Gasteiger partial charge < -0.3 is 10.2 Å². The van der Waals surface area contributed by atoms with E-state index in [0.29, 0.717) is 18.8 Å². The van der Waals surface area contributed by atoms with E-state index in [0.717, 1.165) is 29.8 Å². The Morgan fingerprint density at radius 2 is 1.69 bits per heavy atom. The van der Waals surface area contributed by atoms with Crippen molar-refractivity contribution in [1.29, 1.82) is 0 Å². The van der Waals surface area contributed by atoms with Crippen LogP contribution in [0.4, 0.5) is 5.82 Å². The van der Waals surface area contributed by atoms with E-state index in [1.165, 1.54) is 0 Å². The standard InChI is InChI=1S/C26H40N4O2/c1-9-10-15-29(24(32)17-25(3,4)5)18-23(31)27-22-16-21(26(6,7)8)28-30(22)20-13-11-19(2)12-14-20/h11-14,16H,9-10,15,17-18H2,1-8H3,(H,27,31). The number of carbonyl (C=O) groups is 2. The quantitative estimate of drug-likeness (QED) is 0.591. The second kappa shape index (κ2) is 10.3. The Bertz CT molecular complexity index is 915. The Kier molecular flexibility index (Phi) is 8.27. The van der Waals surface area contributed by atoms with Gasteiger partial charge in [0.15, 0.2) is 0 Å². The van der Waals surface area contributed by atoms with Crippen molar-refractivity contribution in [2.24, 2.45) is 5.41 Å². The van der Waals surface area contributed by atoms with Crippen LogP contribution < -0.4 is 5.32 Å². The summed E-state index contributed by atoms with van der Waals surface area (Å²) in [6.45, 7) is 17.2. The molecule has 1 N–H and O–H groups in total. The lowest BCUT2D eigenvalue weighted by molar-refractivity contribution is -0.136. The number of amides is 2. The van der Waals surface area contributed by atoms with Crippen molar-refractivity contribution in [3.05, 3.63) is 41.6 Å². The first-order valence-corrected chi connectivity index (χ1v) is 11.6.